The molecule has 0 radical (unpaired) electrons. The molecule has 3 N–H and O–H groups in total. The third-order valence-corrected chi connectivity index (χ3v) is 5.99. The summed E-state index contributed by atoms with van der Waals surface area (Å²) in [7, 11) is 1.69. The molecule has 5 rings (SSSR count). The standard InChI is InChI=1S/C25H23N3O2/c1-30-23-9-5-3-6-18(23)16-10-11-19-17(14-16)12-13-28(25(26)29)24(19)21-15-27-22-8-4-2-7-20(21)22/h2-11,14-15,24,27H,12-13H2,1H3,(H2,26,29). The third kappa shape index (κ3) is 2.90. The molecule has 0 spiro atoms. The zero-order chi connectivity index (χ0) is 20.7. The number of fused-ring (bicyclic) bond motifs is 2. The number of carbonyl (C=O) groups excluding carboxylic acids is 1. The van der Waals surface area contributed by atoms with Crippen molar-refractivity contribution in [3.05, 3.63) is 89.6 Å². The van der Waals surface area contributed by atoms with E-state index in [2.05, 4.69) is 35.3 Å². The Balaban J connectivity index is 1.66. The summed E-state index contributed by atoms with van der Waals surface area (Å²) < 4.78 is 5.55. The maximum Gasteiger partial charge on any atom is 0.315 e. The second-order valence-electron chi connectivity index (χ2n) is 7.59. The van der Waals surface area contributed by atoms with Crippen LogP contribution in [-0.4, -0.2) is 29.6 Å². The lowest BCUT2D eigenvalue weighted by molar-refractivity contribution is 0.190. The predicted molar refractivity (Wildman–Crippen MR) is 119 cm³/mol. The quantitative estimate of drug-likeness (QED) is 0.518. The summed E-state index contributed by atoms with van der Waals surface area (Å²) in [6.07, 6.45) is 2.76. The minimum absolute atomic E-state index is 0.214. The van der Waals surface area contributed by atoms with Crippen LogP contribution in [0.25, 0.3) is 22.0 Å². The zero-order valence-electron chi connectivity index (χ0n) is 16.8. The average molecular weight is 397 g/mol. The fraction of sp³-hybridized carbons (Fsp3) is 0.160. The predicted octanol–water partition coefficient (Wildman–Crippen LogP) is 4.87. The minimum Gasteiger partial charge on any atom is -0.496 e. The summed E-state index contributed by atoms with van der Waals surface area (Å²) >= 11 is 0. The summed E-state index contributed by atoms with van der Waals surface area (Å²) in [6.45, 7) is 0.585. The van der Waals surface area contributed by atoms with Crippen molar-refractivity contribution in [3.8, 4) is 16.9 Å². The number of rotatable bonds is 3. The van der Waals surface area contributed by atoms with Gasteiger partial charge in [-0.15, -0.1) is 0 Å². The highest BCUT2D eigenvalue weighted by Gasteiger charge is 2.32. The van der Waals surface area contributed by atoms with Gasteiger partial charge < -0.3 is 20.4 Å². The molecular weight excluding hydrogens is 374 g/mol. The Morgan fingerprint density at radius 1 is 1.07 bits per heavy atom. The van der Waals surface area contributed by atoms with Crippen LogP contribution in [-0.2, 0) is 6.42 Å². The largest absolute Gasteiger partial charge is 0.496 e. The number of ether oxygens (including phenoxy) is 1. The Labute approximate surface area is 175 Å². The van der Waals surface area contributed by atoms with E-state index in [0.29, 0.717) is 6.54 Å². The molecule has 0 bridgehead atoms. The Bertz CT molecular complexity index is 1240. The van der Waals surface area contributed by atoms with Crippen molar-refractivity contribution in [3.63, 3.8) is 0 Å². The molecule has 1 aliphatic heterocycles. The number of hydrogen-bond donors (Lipinski definition) is 2. The number of amides is 2. The maximum absolute atomic E-state index is 12.3. The zero-order valence-corrected chi connectivity index (χ0v) is 16.8. The van der Waals surface area contributed by atoms with E-state index in [-0.39, 0.29) is 6.04 Å². The van der Waals surface area contributed by atoms with Crippen molar-refractivity contribution in [1.29, 1.82) is 0 Å². The molecule has 1 aliphatic rings. The van der Waals surface area contributed by atoms with Crippen LogP contribution in [0.5, 0.6) is 5.75 Å². The Morgan fingerprint density at radius 2 is 1.87 bits per heavy atom. The highest BCUT2D eigenvalue weighted by molar-refractivity contribution is 5.85. The molecule has 30 heavy (non-hydrogen) atoms. The van der Waals surface area contributed by atoms with Crippen LogP contribution in [0, 0.1) is 0 Å². The minimum atomic E-state index is -0.398. The molecule has 0 aliphatic carbocycles. The number of para-hydroxylation sites is 2. The fourth-order valence-corrected chi connectivity index (χ4v) is 4.57. The molecule has 0 fully saturated rings. The summed E-state index contributed by atoms with van der Waals surface area (Å²) in [5, 5.41) is 1.11. The molecule has 5 heteroatoms. The van der Waals surface area contributed by atoms with Crippen molar-refractivity contribution in [2.45, 2.75) is 12.5 Å². The second kappa shape index (κ2) is 7.26. The number of hydrogen-bond acceptors (Lipinski definition) is 2. The van der Waals surface area contributed by atoms with Gasteiger partial charge >= 0.3 is 6.03 Å². The van der Waals surface area contributed by atoms with Crippen LogP contribution in [0.2, 0.25) is 0 Å². The molecule has 4 aromatic rings. The number of H-pyrrole nitrogens is 1. The smallest absolute Gasteiger partial charge is 0.315 e. The van der Waals surface area contributed by atoms with E-state index in [1.807, 2.05) is 42.6 Å². The highest BCUT2D eigenvalue weighted by Crippen LogP contribution is 2.40. The number of primary amides is 1. The number of benzene rings is 3. The lowest BCUT2D eigenvalue weighted by Crippen LogP contribution is -2.43. The SMILES string of the molecule is COc1ccccc1-c1ccc2c(c1)CCN(C(N)=O)C2c1c[nH]c2ccccc12. The van der Waals surface area contributed by atoms with Gasteiger partial charge in [-0.1, -0.05) is 54.6 Å². The van der Waals surface area contributed by atoms with Crippen molar-refractivity contribution in [2.24, 2.45) is 5.73 Å². The van der Waals surface area contributed by atoms with Crippen molar-refractivity contribution >= 4 is 16.9 Å². The van der Waals surface area contributed by atoms with Crippen molar-refractivity contribution in [1.82, 2.24) is 9.88 Å². The van der Waals surface area contributed by atoms with Gasteiger partial charge in [0.05, 0.1) is 13.2 Å². The molecule has 2 amide bonds. The Kier molecular flexibility index (Phi) is 4.43. The van der Waals surface area contributed by atoms with Gasteiger partial charge in [-0.3, -0.25) is 0 Å². The summed E-state index contributed by atoms with van der Waals surface area (Å²) in [6, 6.07) is 22.0. The second-order valence-corrected chi connectivity index (χ2v) is 7.59. The number of aromatic nitrogens is 1. The normalized spacial score (nSPS) is 15.8. The fourth-order valence-electron chi connectivity index (χ4n) is 4.57. The van der Waals surface area contributed by atoms with Gasteiger partial charge in [0.2, 0.25) is 0 Å². The third-order valence-electron chi connectivity index (χ3n) is 5.99. The van der Waals surface area contributed by atoms with Gasteiger partial charge in [0.15, 0.2) is 0 Å². The first kappa shape index (κ1) is 18.3. The first-order valence-corrected chi connectivity index (χ1v) is 10.1. The summed E-state index contributed by atoms with van der Waals surface area (Å²) in [5.41, 5.74) is 12.4. The van der Waals surface area contributed by atoms with Gasteiger partial charge in [-0.2, -0.15) is 0 Å². The summed E-state index contributed by atoms with van der Waals surface area (Å²) in [5.74, 6) is 0.847. The molecule has 1 unspecified atom stereocenters. The van der Waals surface area contributed by atoms with E-state index in [1.165, 1.54) is 5.56 Å². The van der Waals surface area contributed by atoms with E-state index in [1.54, 1.807) is 12.0 Å². The number of urea groups is 1. The molecule has 3 aromatic carbocycles. The molecule has 0 saturated carbocycles. The molecular formula is C25H23N3O2. The maximum atomic E-state index is 12.3. The lowest BCUT2D eigenvalue weighted by atomic mass is 9.86. The van der Waals surface area contributed by atoms with E-state index in [0.717, 1.165) is 45.3 Å². The lowest BCUT2D eigenvalue weighted by Gasteiger charge is -2.36. The number of carbonyl (C=O) groups is 1. The van der Waals surface area contributed by atoms with Gasteiger partial charge in [-0.05, 0) is 35.2 Å². The Morgan fingerprint density at radius 3 is 2.70 bits per heavy atom. The van der Waals surface area contributed by atoms with Gasteiger partial charge in [0.1, 0.15) is 5.75 Å². The number of nitrogens with zero attached hydrogens (tertiary/aromatic N) is 1. The van der Waals surface area contributed by atoms with Crippen LogP contribution in [0.1, 0.15) is 22.7 Å². The van der Waals surface area contributed by atoms with E-state index in [9.17, 15) is 4.79 Å². The molecule has 150 valence electrons. The van der Waals surface area contributed by atoms with Crippen molar-refractivity contribution < 1.29 is 9.53 Å². The molecule has 0 saturated heterocycles. The highest BCUT2D eigenvalue weighted by atomic mass is 16.5. The average Bonchev–Trinajstić information content (AvgIpc) is 3.21. The molecule has 5 nitrogen and oxygen atoms in total. The molecule has 1 atom stereocenters. The number of aromatic amines is 1. The number of nitrogens with one attached hydrogen (secondary N) is 1. The topological polar surface area (TPSA) is 71.3 Å². The van der Waals surface area contributed by atoms with Gasteiger partial charge in [0, 0.05) is 34.8 Å². The number of methoxy groups -OCH3 is 1. The molecule has 1 aromatic heterocycles. The van der Waals surface area contributed by atoms with Crippen LogP contribution >= 0.6 is 0 Å². The summed E-state index contributed by atoms with van der Waals surface area (Å²) in [4.78, 5) is 17.4. The van der Waals surface area contributed by atoms with E-state index in [4.69, 9.17) is 10.5 Å². The first-order valence-electron chi connectivity index (χ1n) is 10.1. The van der Waals surface area contributed by atoms with E-state index >= 15 is 0 Å². The van der Waals surface area contributed by atoms with Gasteiger partial charge in [-0.25, -0.2) is 4.79 Å². The van der Waals surface area contributed by atoms with Crippen LogP contribution < -0.4 is 10.5 Å². The monoisotopic (exact) mass is 397 g/mol. The van der Waals surface area contributed by atoms with Crippen LogP contribution in [0.15, 0.2) is 72.9 Å². The molecule has 2 heterocycles. The van der Waals surface area contributed by atoms with Crippen LogP contribution in [0.3, 0.4) is 0 Å². The van der Waals surface area contributed by atoms with Gasteiger partial charge in [0.25, 0.3) is 0 Å². The van der Waals surface area contributed by atoms with E-state index < -0.39 is 6.03 Å². The first-order chi connectivity index (χ1) is 14.7. The Hall–Kier alpha value is -3.73. The van der Waals surface area contributed by atoms with Crippen molar-refractivity contribution in [2.75, 3.05) is 13.7 Å². The number of nitrogens with two attached hydrogens (primary N) is 1. The van der Waals surface area contributed by atoms with Crippen LogP contribution in [0.4, 0.5) is 4.79 Å².